The van der Waals surface area contributed by atoms with Crippen LogP contribution in [0.4, 0.5) is 5.69 Å². The Morgan fingerprint density at radius 3 is 2.50 bits per heavy atom. The first kappa shape index (κ1) is 34.3. The summed E-state index contributed by atoms with van der Waals surface area (Å²) in [5.41, 5.74) is 13.5. The Bertz CT molecular complexity index is 1340. The Kier molecular flexibility index (Phi) is 12.5. The number of ether oxygens (including phenoxy) is 5. The number of aliphatic hydroxyl groups is 1. The fraction of sp³-hybridized carbons (Fsp3) is 0.500. The van der Waals surface area contributed by atoms with E-state index in [0.717, 1.165) is 0 Å². The number of hydrogen-bond donors (Lipinski definition) is 3. The van der Waals surface area contributed by atoms with Gasteiger partial charge in [0.2, 0.25) is 5.90 Å². The number of carbonyl (C=O) groups excluding carboxylic acids is 2. The zero-order valence-electron chi connectivity index (χ0n) is 25.6. The second-order valence-corrected chi connectivity index (χ2v) is 10.9. The normalized spacial score (nSPS) is 17.8. The summed E-state index contributed by atoms with van der Waals surface area (Å²) in [4.78, 5) is 34.8. The van der Waals surface area contributed by atoms with Gasteiger partial charge in [-0.05, 0) is 57.0 Å². The Balaban J connectivity index is 2.07. The maximum absolute atomic E-state index is 14.1. The largest absolute Gasteiger partial charge is 0.494 e. The summed E-state index contributed by atoms with van der Waals surface area (Å²) in [7, 11) is 2.93. The molecule has 0 radical (unpaired) electrons. The number of amides is 1. The number of esters is 1. The molecule has 0 saturated heterocycles. The number of hydrazine groups is 1. The van der Waals surface area contributed by atoms with Crippen molar-refractivity contribution < 1.29 is 38.4 Å². The first-order valence-corrected chi connectivity index (χ1v) is 14.1. The van der Waals surface area contributed by atoms with Gasteiger partial charge in [-0.1, -0.05) is 29.4 Å². The molecule has 238 valence electrons. The van der Waals surface area contributed by atoms with Crippen LogP contribution in [0.5, 0.6) is 5.75 Å². The molecule has 14 nitrogen and oxygen atoms in total. The van der Waals surface area contributed by atoms with Crippen molar-refractivity contribution in [1.82, 2.24) is 10.9 Å². The van der Waals surface area contributed by atoms with Crippen molar-refractivity contribution in [1.29, 1.82) is 0 Å². The summed E-state index contributed by atoms with van der Waals surface area (Å²) in [5.74, 6) is -0.410. The van der Waals surface area contributed by atoms with Crippen LogP contribution >= 0.6 is 0 Å². The monoisotopic (exact) mass is 612 g/mol. The zero-order chi connectivity index (χ0) is 32.2. The van der Waals surface area contributed by atoms with Crippen LogP contribution in [0.25, 0.3) is 10.4 Å². The Morgan fingerprint density at radius 2 is 1.86 bits per heavy atom. The second kappa shape index (κ2) is 16.0. The van der Waals surface area contributed by atoms with Crippen LogP contribution in [0.2, 0.25) is 0 Å². The highest BCUT2D eigenvalue weighted by Crippen LogP contribution is 2.46. The molecule has 2 atom stereocenters. The van der Waals surface area contributed by atoms with E-state index in [1.807, 2.05) is 0 Å². The van der Waals surface area contributed by atoms with E-state index in [-0.39, 0.29) is 37.6 Å². The number of carbonyl (C=O) groups is 2. The van der Waals surface area contributed by atoms with Crippen molar-refractivity contribution in [2.45, 2.75) is 63.6 Å². The number of aliphatic imine (C=N–C) groups is 1. The van der Waals surface area contributed by atoms with Crippen LogP contribution < -0.4 is 15.6 Å². The topological polar surface area (TPSA) is 186 Å². The van der Waals surface area contributed by atoms with Gasteiger partial charge in [0.25, 0.3) is 5.91 Å². The predicted molar refractivity (Wildman–Crippen MR) is 161 cm³/mol. The maximum atomic E-state index is 14.1. The van der Waals surface area contributed by atoms with Gasteiger partial charge in [-0.2, -0.15) is 0 Å². The van der Waals surface area contributed by atoms with Gasteiger partial charge >= 0.3 is 5.97 Å². The summed E-state index contributed by atoms with van der Waals surface area (Å²) in [6, 6.07) is 13.6. The van der Waals surface area contributed by atoms with Crippen molar-refractivity contribution >= 4 is 23.5 Å². The molecule has 1 aliphatic rings. The van der Waals surface area contributed by atoms with E-state index in [0.29, 0.717) is 29.9 Å². The van der Waals surface area contributed by atoms with Gasteiger partial charge in [0.1, 0.15) is 11.4 Å². The molecule has 44 heavy (non-hydrogen) atoms. The summed E-state index contributed by atoms with van der Waals surface area (Å²) >= 11 is 0. The molecule has 3 N–H and O–H groups in total. The molecule has 14 heteroatoms. The highest BCUT2D eigenvalue weighted by Gasteiger charge is 2.54. The molecule has 0 aliphatic carbocycles. The highest BCUT2D eigenvalue weighted by molar-refractivity contribution is 6.01. The molecule has 0 aromatic heterocycles. The molecule has 0 spiro atoms. The van der Waals surface area contributed by atoms with E-state index in [9.17, 15) is 15.1 Å². The number of hydrogen-bond acceptors (Lipinski definition) is 11. The van der Waals surface area contributed by atoms with Crippen molar-refractivity contribution in [2.75, 3.05) is 34.0 Å². The number of aliphatic hydroxyl groups excluding tert-OH is 1. The molecular weight excluding hydrogens is 572 g/mol. The minimum absolute atomic E-state index is 0.0152. The lowest BCUT2D eigenvalue weighted by atomic mass is 9.83. The third kappa shape index (κ3) is 9.15. The van der Waals surface area contributed by atoms with Gasteiger partial charge < -0.3 is 28.8 Å². The fourth-order valence-electron chi connectivity index (χ4n) is 4.47. The summed E-state index contributed by atoms with van der Waals surface area (Å²) in [6.07, 6.45) is -1.52. The van der Waals surface area contributed by atoms with Crippen LogP contribution in [0.3, 0.4) is 0 Å². The molecule has 0 unspecified atom stereocenters. The molecule has 0 bridgehead atoms. The second-order valence-electron chi connectivity index (χ2n) is 10.9. The smallest absolute Gasteiger partial charge is 0.306 e. The van der Waals surface area contributed by atoms with Crippen molar-refractivity contribution in [3.63, 3.8) is 0 Å². The van der Waals surface area contributed by atoms with E-state index in [1.165, 1.54) is 14.2 Å². The highest BCUT2D eigenvalue weighted by atomic mass is 16.7. The molecule has 2 aromatic carbocycles. The quantitative estimate of drug-likeness (QED) is 0.0479. The molecule has 1 amide bonds. The predicted octanol–water partition coefficient (Wildman–Crippen LogP) is 4.01. The third-order valence-corrected chi connectivity index (χ3v) is 6.53. The molecule has 0 saturated carbocycles. The van der Waals surface area contributed by atoms with Gasteiger partial charge in [-0.3, -0.25) is 15.0 Å². The van der Waals surface area contributed by atoms with Crippen LogP contribution in [-0.4, -0.2) is 74.3 Å². The Labute approximate surface area is 256 Å². The zero-order valence-corrected chi connectivity index (χ0v) is 25.6. The molecule has 1 aliphatic heterocycles. The summed E-state index contributed by atoms with van der Waals surface area (Å²) in [6.45, 7) is 5.73. The van der Waals surface area contributed by atoms with Crippen molar-refractivity contribution in [3.05, 3.63) is 70.1 Å². The van der Waals surface area contributed by atoms with E-state index in [2.05, 4.69) is 20.9 Å². The van der Waals surface area contributed by atoms with Crippen LogP contribution in [0.15, 0.2) is 58.6 Å². The van der Waals surface area contributed by atoms with Crippen molar-refractivity contribution in [2.24, 2.45) is 10.1 Å². The van der Waals surface area contributed by atoms with Gasteiger partial charge in [0.15, 0.2) is 17.9 Å². The van der Waals surface area contributed by atoms with Crippen LogP contribution in [-0.2, 0) is 28.5 Å². The summed E-state index contributed by atoms with van der Waals surface area (Å²) in [5, 5.41) is 12.8. The van der Waals surface area contributed by atoms with Crippen LogP contribution in [0.1, 0.15) is 57.3 Å². The molecule has 2 aromatic rings. The van der Waals surface area contributed by atoms with E-state index < -0.39 is 35.4 Å². The van der Waals surface area contributed by atoms with Gasteiger partial charge in [0.05, 0.1) is 13.2 Å². The lowest BCUT2D eigenvalue weighted by molar-refractivity contribution is -0.155. The molecule has 1 heterocycles. The molecule has 3 rings (SSSR count). The van der Waals surface area contributed by atoms with Crippen LogP contribution in [0, 0.1) is 0 Å². The minimum Gasteiger partial charge on any atom is -0.494 e. The van der Waals surface area contributed by atoms with E-state index in [1.54, 1.807) is 69.3 Å². The Hall–Kier alpha value is -4.20. The lowest BCUT2D eigenvalue weighted by Crippen LogP contribution is -2.54. The minimum atomic E-state index is -1.70. The average molecular weight is 613 g/mol. The number of nitrogens with one attached hydrogen (secondary N) is 2. The number of methoxy groups -OCH3 is 2. The van der Waals surface area contributed by atoms with Gasteiger partial charge in [-0.15, -0.1) is 0 Å². The third-order valence-electron chi connectivity index (χ3n) is 6.53. The standard InChI is InChI=1S/C30H40N6O8/c1-29(2,3)44-24(38)15-16-30(28(39)35-32-19-25(40-4)41-5)26(22-9-6-7-10-23(22)34-36-31)43-27(33-30)20-11-13-21(14-12-20)42-18-8-17-37/h6-7,9-14,25-26,32,37H,8,15-19H2,1-5H3,(H,35,39)/t26-,30-/m0/s1. The fourth-order valence-corrected chi connectivity index (χ4v) is 4.47. The lowest BCUT2D eigenvalue weighted by Gasteiger charge is -2.31. The van der Waals surface area contributed by atoms with E-state index in [4.69, 9.17) is 33.8 Å². The molecule has 0 fully saturated rings. The number of nitrogens with zero attached hydrogens (tertiary/aromatic N) is 4. The summed E-state index contributed by atoms with van der Waals surface area (Å²) < 4.78 is 27.9. The number of benzene rings is 2. The molecular formula is C30H40N6O8. The average Bonchev–Trinajstić information content (AvgIpc) is 3.39. The number of rotatable bonds is 16. The van der Waals surface area contributed by atoms with Crippen molar-refractivity contribution in [3.8, 4) is 5.75 Å². The SMILES string of the molecule is COC(CNNC(=O)[C@@]1(CCC(=O)OC(C)(C)C)N=C(c2ccc(OCCCO)cc2)O[C@H]1c1ccccc1N=[N+]=[N-])OC. The first-order chi connectivity index (χ1) is 21.1. The van der Waals surface area contributed by atoms with Gasteiger partial charge in [-0.25, -0.2) is 10.4 Å². The Morgan fingerprint density at radius 1 is 1.16 bits per heavy atom. The van der Waals surface area contributed by atoms with Gasteiger partial charge in [0, 0.05) is 55.4 Å². The van der Waals surface area contributed by atoms with E-state index >= 15 is 0 Å². The maximum Gasteiger partial charge on any atom is 0.306 e. The number of azide groups is 1. The first-order valence-electron chi connectivity index (χ1n) is 14.1.